The number of carbonyl (C=O) groups excluding carboxylic acids is 1. The molecule has 136 valence electrons. The zero-order chi connectivity index (χ0) is 18.8. The van der Waals surface area contributed by atoms with Crippen LogP contribution in [-0.4, -0.2) is 15.5 Å². The number of rotatable bonds is 5. The van der Waals surface area contributed by atoms with Gasteiger partial charge in [-0.3, -0.25) is 14.2 Å². The van der Waals surface area contributed by atoms with Crippen LogP contribution < -0.4 is 10.9 Å². The summed E-state index contributed by atoms with van der Waals surface area (Å²) in [7, 11) is 0. The fourth-order valence-electron chi connectivity index (χ4n) is 2.93. The number of aromatic nitrogens is 2. The van der Waals surface area contributed by atoms with Gasteiger partial charge in [-0.2, -0.15) is 0 Å². The predicted octanol–water partition coefficient (Wildman–Crippen LogP) is 4.44. The molecule has 1 amide bonds. The summed E-state index contributed by atoms with van der Waals surface area (Å²) in [4.78, 5) is 31.1. The molecular formula is C20H23N3O2S. The molecule has 3 rings (SSSR count). The topological polar surface area (TPSA) is 64.0 Å². The maximum Gasteiger partial charge on any atom is 0.266 e. The monoisotopic (exact) mass is 369 g/mol. The molecule has 2 heterocycles. The van der Waals surface area contributed by atoms with Crippen molar-refractivity contribution < 1.29 is 4.79 Å². The summed E-state index contributed by atoms with van der Waals surface area (Å²) in [5, 5.41) is 3.53. The first kappa shape index (κ1) is 18.3. The van der Waals surface area contributed by atoms with Gasteiger partial charge in [0.25, 0.3) is 11.5 Å². The van der Waals surface area contributed by atoms with Crippen molar-refractivity contribution in [3.05, 3.63) is 56.4 Å². The van der Waals surface area contributed by atoms with Crippen LogP contribution in [0.2, 0.25) is 0 Å². The van der Waals surface area contributed by atoms with Crippen LogP contribution in [0.4, 0.5) is 5.69 Å². The molecule has 1 aromatic carbocycles. The lowest BCUT2D eigenvalue weighted by Crippen LogP contribution is -2.20. The second-order valence-electron chi connectivity index (χ2n) is 6.53. The number of nitrogens with one attached hydrogen (secondary N) is 1. The summed E-state index contributed by atoms with van der Waals surface area (Å²) in [6.45, 7) is 8.55. The molecule has 0 aliphatic heterocycles. The lowest BCUT2D eigenvalue weighted by atomic mass is 10.1. The van der Waals surface area contributed by atoms with Crippen molar-refractivity contribution in [2.75, 3.05) is 5.32 Å². The van der Waals surface area contributed by atoms with E-state index < -0.39 is 0 Å². The van der Waals surface area contributed by atoms with E-state index in [2.05, 4.69) is 17.2 Å². The molecule has 2 aromatic heterocycles. The van der Waals surface area contributed by atoms with Crippen LogP contribution >= 0.6 is 11.3 Å². The largest absolute Gasteiger partial charge is 0.321 e. The third-order valence-corrected chi connectivity index (χ3v) is 5.93. The fraction of sp³-hybridized carbons (Fsp3) is 0.350. The minimum absolute atomic E-state index is 0.0667. The van der Waals surface area contributed by atoms with Gasteiger partial charge in [-0.05, 0) is 49.9 Å². The van der Waals surface area contributed by atoms with Crippen molar-refractivity contribution in [3.8, 4) is 0 Å². The Bertz CT molecular complexity index is 1030. The van der Waals surface area contributed by atoms with Crippen molar-refractivity contribution in [3.63, 3.8) is 0 Å². The van der Waals surface area contributed by atoms with Crippen molar-refractivity contribution in [2.24, 2.45) is 0 Å². The van der Waals surface area contributed by atoms with Crippen molar-refractivity contribution in [1.82, 2.24) is 9.55 Å². The summed E-state index contributed by atoms with van der Waals surface area (Å²) in [5.74, 6) is -0.196. The van der Waals surface area contributed by atoms with Crippen molar-refractivity contribution in [2.45, 2.75) is 47.1 Å². The zero-order valence-corrected chi connectivity index (χ0v) is 16.4. The summed E-state index contributed by atoms with van der Waals surface area (Å²) >= 11 is 1.27. The first-order chi connectivity index (χ1) is 12.4. The molecule has 0 atom stereocenters. The smallest absolute Gasteiger partial charge is 0.266 e. The molecule has 26 heavy (non-hydrogen) atoms. The number of carbonyl (C=O) groups is 1. The third kappa shape index (κ3) is 3.29. The van der Waals surface area contributed by atoms with Gasteiger partial charge in [-0.25, -0.2) is 4.98 Å². The number of anilines is 1. The SMILES string of the molecule is CCCCn1cnc2sc(C(=O)Nc3cccc(C)c3C)c(C)c2c1=O. The molecule has 0 fully saturated rings. The second-order valence-corrected chi connectivity index (χ2v) is 7.53. The molecule has 0 aliphatic carbocycles. The summed E-state index contributed by atoms with van der Waals surface area (Å²) < 4.78 is 1.64. The molecule has 0 saturated carbocycles. The lowest BCUT2D eigenvalue weighted by molar-refractivity contribution is 0.103. The Kier molecular flexibility index (Phi) is 5.23. The van der Waals surface area contributed by atoms with Gasteiger partial charge in [-0.1, -0.05) is 25.5 Å². The Balaban J connectivity index is 1.99. The summed E-state index contributed by atoms with van der Waals surface area (Å²) in [5.41, 5.74) is 3.59. The number of unbranched alkanes of at least 4 members (excludes halogenated alkanes) is 1. The highest BCUT2D eigenvalue weighted by atomic mass is 32.1. The van der Waals surface area contributed by atoms with Gasteiger partial charge < -0.3 is 5.32 Å². The number of hydrogen-bond acceptors (Lipinski definition) is 4. The van der Waals surface area contributed by atoms with E-state index in [1.165, 1.54) is 11.3 Å². The van der Waals surface area contributed by atoms with Gasteiger partial charge in [0.05, 0.1) is 16.6 Å². The Labute approximate surface area is 156 Å². The van der Waals surface area contributed by atoms with Crippen LogP contribution in [0.5, 0.6) is 0 Å². The zero-order valence-electron chi connectivity index (χ0n) is 15.5. The number of benzene rings is 1. The Morgan fingerprint density at radius 3 is 2.73 bits per heavy atom. The van der Waals surface area contributed by atoms with Crippen molar-refractivity contribution >= 4 is 33.1 Å². The number of aryl methyl sites for hydroxylation is 3. The highest BCUT2D eigenvalue weighted by Gasteiger charge is 2.20. The minimum atomic E-state index is -0.196. The molecule has 5 nitrogen and oxygen atoms in total. The molecule has 0 bridgehead atoms. The molecule has 3 aromatic rings. The van der Waals surface area contributed by atoms with Gasteiger partial charge in [-0.15, -0.1) is 11.3 Å². The third-order valence-electron chi connectivity index (χ3n) is 4.73. The second kappa shape index (κ2) is 7.41. The van der Waals surface area contributed by atoms with E-state index in [0.717, 1.165) is 29.7 Å². The molecule has 0 aliphatic rings. The predicted molar refractivity (Wildman–Crippen MR) is 107 cm³/mol. The summed E-state index contributed by atoms with van der Waals surface area (Å²) in [6.07, 6.45) is 3.52. The van der Waals surface area contributed by atoms with Crippen LogP contribution in [0.25, 0.3) is 10.2 Å². The van der Waals surface area contributed by atoms with Gasteiger partial charge >= 0.3 is 0 Å². The molecule has 0 unspecified atom stereocenters. The normalized spacial score (nSPS) is 11.1. The molecule has 0 saturated heterocycles. The fourth-order valence-corrected chi connectivity index (χ4v) is 3.96. The van der Waals surface area contributed by atoms with Crippen molar-refractivity contribution in [1.29, 1.82) is 0 Å². The van der Waals surface area contributed by atoms with Crippen LogP contribution in [0.15, 0.2) is 29.3 Å². The highest BCUT2D eigenvalue weighted by Crippen LogP contribution is 2.28. The Morgan fingerprint density at radius 2 is 2.00 bits per heavy atom. The number of amides is 1. The van der Waals surface area contributed by atoms with E-state index in [1.54, 1.807) is 10.9 Å². The highest BCUT2D eigenvalue weighted by molar-refractivity contribution is 7.20. The first-order valence-corrected chi connectivity index (χ1v) is 9.61. The average Bonchev–Trinajstić information content (AvgIpc) is 2.96. The first-order valence-electron chi connectivity index (χ1n) is 8.80. The van der Waals surface area contributed by atoms with E-state index >= 15 is 0 Å². The van der Waals surface area contributed by atoms with E-state index in [-0.39, 0.29) is 11.5 Å². The van der Waals surface area contributed by atoms with Gasteiger partial charge in [0.15, 0.2) is 0 Å². The van der Waals surface area contributed by atoms with Gasteiger partial charge in [0, 0.05) is 12.2 Å². The quantitative estimate of drug-likeness (QED) is 0.723. The van der Waals surface area contributed by atoms with Crippen LogP contribution in [0.3, 0.4) is 0 Å². The summed E-state index contributed by atoms with van der Waals surface area (Å²) in [6, 6.07) is 5.82. The standard InChI is InChI=1S/C20H23N3O2S/c1-5-6-10-23-11-21-19-16(20(23)25)14(4)17(26-19)18(24)22-15-9-7-8-12(2)13(15)3/h7-9,11H,5-6,10H2,1-4H3,(H,22,24). The maximum atomic E-state index is 12.8. The Morgan fingerprint density at radius 1 is 1.23 bits per heavy atom. The van der Waals surface area contributed by atoms with E-state index in [4.69, 9.17) is 0 Å². The lowest BCUT2D eigenvalue weighted by Gasteiger charge is -2.09. The van der Waals surface area contributed by atoms with Crippen LogP contribution in [-0.2, 0) is 6.54 Å². The molecule has 1 N–H and O–H groups in total. The number of fused-ring (bicyclic) bond motifs is 1. The Hall–Kier alpha value is -2.47. The molecule has 0 radical (unpaired) electrons. The number of nitrogens with zero attached hydrogens (tertiary/aromatic N) is 2. The molecule has 0 spiro atoms. The van der Waals surface area contributed by atoms with Gasteiger partial charge in [0.2, 0.25) is 0 Å². The molecule has 6 heteroatoms. The number of thiophene rings is 1. The molecular weight excluding hydrogens is 346 g/mol. The van der Waals surface area contributed by atoms with E-state index in [0.29, 0.717) is 27.2 Å². The average molecular weight is 369 g/mol. The van der Waals surface area contributed by atoms with Gasteiger partial charge in [0.1, 0.15) is 4.83 Å². The van der Waals surface area contributed by atoms with Crippen LogP contribution in [0, 0.1) is 20.8 Å². The van der Waals surface area contributed by atoms with Crippen LogP contribution in [0.1, 0.15) is 46.1 Å². The van der Waals surface area contributed by atoms with E-state index in [9.17, 15) is 9.59 Å². The number of hydrogen-bond donors (Lipinski definition) is 1. The minimum Gasteiger partial charge on any atom is -0.321 e. The maximum absolute atomic E-state index is 12.8. The van der Waals surface area contributed by atoms with E-state index in [1.807, 2.05) is 39.0 Å².